The molecule has 0 bridgehead atoms. The van der Waals surface area contributed by atoms with Gasteiger partial charge in [-0.1, -0.05) is 20.8 Å². The van der Waals surface area contributed by atoms with Crippen molar-refractivity contribution in [2.75, 3.05) is 5.73 Å². The topological polar surface area (TPSA) is 43.8 Å². The lowest BCUT2D eigenvalue weighted by Gasteiger charge is -2.04. The summed E-state index contributed by atoms with van der Waals surface area (Å²) in [7, 11) is 0. The summed E-state index contributed by atoms with van der Waals surface area (Å²) in [6, 6.07) is 0. The van der Waals surface area contributed by atoms with Crippen LogP contribution in [0.5, 0.6) is 0 Å². The second-order valence-electron chi connectivity index (χ2n) is 3.28. The summed E-state index contributed by atoms with van der Waals surface area (Å²) >= 11 is 1.76. The Balaban J connectivity index is 2.74. The van der Waals surface area contributed by atoms with Crippen molar-refractivity contribution < 1.29 is 0 Å². The maximum atomic E-state index is 5.92. The van der Waals surface area contributed by atoms with E-state index in [9.17, 15) is 0 Å². The summed E-state index contributed by atoms with van der Waals surface area (Å²) in [5.74, 6) is 0.806. The maximum Gasteiger partial charge on any atom is 0.135 e. The van der Waals surface area contributed by atoms with Crippen LogP contribution >= 0.6 is 11.8 Å². The molecule has 0 fully saturated rings. The Labute approximate surface area is 83.7 Å². The highest BCUT2D eigenvalue weighted by atomic mass is 32.2. The average molecular weight is 199 g/mol. The van der Waals surface area contributed by atoms with E-state index in [-0.39, 0.29) is 0 Å². The molecule has 1 rings (SSSR count). The van der Waals surface area contributed by atoms with E-state index in [1.807, 2.05) is 10.9 Å². The molecule has 1 heterocycles. The number of hydrogen-bond donors (Lipinski definition) is 1. The zero-order valence-electron chi connectivity index (χ0n) is 8.45. The number of hydrogen-bond acceptors (Lipinski definition) is 3. The predicted octanol–water partition coefficient (Wildman–Crippen LogP) is 2.38. The molecule has 1 aromatic rings. The highest BCUT2D eigenvalue weighted by Crippen LogP contribution is 2.27. The van der Waals surface area contributed by atoms with Crippen molar-refractivity contribution in [2.45, 2.75) is 43.9 Å². The third-order valence-corrected chi connectivity index (χ3v) is 2.68. The fourth-order valence-corrected chi connectivity index (χ4v) is 1.95. The molecular formula is C9H17N3S. The van der Waals surface area contributed by atoms with Crippen LogP contribution in [-0.4, -0.2) is 15.0 Å². The van der Waals surface area contributed by atoms with E-state index in [1.54, 1.807) is 11.8 Å². The van der Waals surface area contributed by atoms with E-state index in [0.717, 1.165) is 23.7 Å². The number of aromatic nitrogens is 2. The van der Waals surface area contributed by atoms with Crippen molar-refractivity contribution in [3.05, 3.63) is 6.20 Å². The summed E-state index contributed by atoms with van der Waals surface area (Å²) in [5.41, 5.74) is 5.92. The molecule has 0 aromatic carbocycles. The molecule has 2 N–H and O–H groups in total. The Hall–Kier alpha value is -0.640. The standard InChI is InChI=1S/C9H17N3S/c1-4-5-12-9(10)8(6-11-12)13-7(2)3/h6-7H,4-5,10H2,1-3H3. The van der Waals surface area contributed by atoms with Crippen molar-refractivity contribution >= 4 is 17.6 Å². The molecule has 0 aliphatic heterocycles. The second-order valence-corrected chi connectivity index (χ2v) is 4.90. The number of aryl methyl sites for hydroxylation is 1. The van der Waals surface area contributed by atoms with Gasteiger partial charge in [0, 0.05) is 11.8 Å². The van der Waals surface area contributed by atoms with Gasteiger partial charge in [0.15, 0.2) is 0 Å². The highest BCUT2D eigenvalue weighted by molar-refractivity contribution is 8.00. The third-order valence-electron chi connectivity index (χ3n) is 1.64. The molecule has 0 spiro atoms. The van der Waals surface area contributed by atoms with Crippen LogP contribution < -0.4 is 5.73 Å². The number of nitrogens with zero attached hydrogens (tertiary/aromatic N) is 2. The van der Waals surface area contributed by atoms with Gasteiger partial charge in [-0.25, -0.2) is 4.68 Å². The molecule has 0 amide bonds. The molecule has 1 aromatic heterocycles. The number of nitrogen functional groups attached to an aromatic ring is 1. The van der Waals surface area contributed by atoms with Crippen molar-refractivity contribution in [3.8, 4) is 0 Å². The van der Waals surface area contributed by atoms with Crippen molar-refractivity contribution in [1.82, 2.24) is 9.78 Å². The van der Waals surface area contributed by atoms with Crippen molar-refractivity contribution in [1.29, 1.82) is 0 Å². The van der Waals surface area contributed by atoms with Crippen LogP contribution in [0.3, 0.4) is 0 Å². The number of rotatable bonds is 4. The summed E-state index contributed by atoms with van der Waals surface area (Å²) in [5, 5.41) is 4.79. The van der Waals surface area contributed by atoms with Crippen LogP contribution in [-0.2, 0) is 6.54 Å². The Kier molecular flexibility index (Phi) is 3.66. The summed E-state index contributed by atoms with van der Waals surface area (Å²) in [6.45, 7) is 7.34. The van der Waals surface area contributed by atoms with E-state index >= 15 is 0 Å². The molecule has 0 aliphatic carbocycles. The van der Waals surface area contributed by atoms with Crippen molar-refractivity contribution in [3.63, 3.8) is 0 Å². The van der Waals surface area contributed by atoms with E-state index < -0.39 is 0 Å². The van der Waals surface area contributed by atoms with Gasteiger partial charge in [-0.15, -0.1) is 11.8 Å². The van der Waals surface area contributed by atoms with Gasteiger partial charge in [-0.3, -0.25) is 0 Å². The Morgan fingerprint density at radius 3 is 2.85 bits per heavy atom. The molecule has 13 heavy (non-hydrogen) atoms. The van der Waals surface area contributed by atoms with Gasteiger partial charge in [-0.05, 0) is 6.42 Å². The number of anilines is 1. The van der Waals surface area contributed by atoms with Gasteiger partial charge in [0.2, 0.25) is 0 Å². The fourth-order valence-electron chi connectivity index (χ4n) is 1.11. The molecule has 0 saturated heterocycles. The average Bonchev–Trinajstić information content (AvgIpc) is 2.36. The van der Waals surface area contributed by atoms with Gasteiger partial charge in [0.25, 0.3) is 0 Å². The van der Waals surface area contributed by atoms with E-state index in [2.05, 4.69) is 25.9 Å². The molecule has 74 valence electrons. The summed E-state index contributed by atoms with van der Waals surface area (Å²) in [4.78, 5) is 1.10. The van der Waals surface area contributed by atoms with Gasteiger partial charge < -0.3 is 5.73 Å². The summed E-state index contributed by atoms with van der Waals surface area (Å²) in [6.07, 6.45) is 2.92. The quantitative estimate of drug-likeness (QED) is 0.757. The Bertz CT molecular complexity index is 268. The first-order valence-electron chi connectivity index (χ1n) is 4.63. The second kappa shape index (κ2) is 4.56. The minimum absolute atomic E-state index is 0.557. The Morgan fingerprint density at radius 2 is 2.31 bits per heavy atom. The lowest BCUT2D eigenvalue weighted by molar-refractivity contribution is 0.610. The van der Waals surface area contributed by atoms with Crippen LogP contribution in [0.25, 0.3) is 0 Å². The van der Waals surface area contributed by atoms with Crippen LogP contribution in [0.4, 0.5) is 5.82 Å². The fraction of sp³-hybridized carbons (Fsp3) is 0.667. The van der Waals surface area contributed by atoms with E-state index in [1.165, 1.54) is 0 Å². The molecule has 3 nitrogen and oxygen atoms in total. The first-order valence-corrected chi connectivity index (χ1v) is 5.51. The number of thioether (sulfide) groups is 1. The molecule has 0 atom stereocenters. The highest BCUT2D eigenvalue weighted by Gasteiger charge is 2.08. The lowest BCUT2D eigenvalue weighted by atomic mass is 10.5. The molecular weight excluding hydrogens is 182 g/mol. The first-order chi connectivity index (χ1) is 6.15. The largest absolute Gasteiger partial charge is 0.383 e. The molecule has 0 radical (unpaired) electrons. The third kappa shape index (κ3) is 2.66. The van der Waals surface area contributed by atoms with E-state index in [0.29, 0.717) is 5.25 Å². The molecule has 4 heteroatoms. The SMILES string of the molecule is CCCn1ncc(SC(C)C)c1N. The smallest absolute Gasteiger partial charge is 0.135 e. The van der Waals surface area contributed by atoms with Crippen LogP contribution in [0.1, 0.15) is 27.2 Å². The minimum Gasteiger partial charge on any atom is -0.383 e. The van der Waals surface area contributed by atoms with Crippen LogP contribution in [0, 0.1) is 0 Å². The molecule has 0 aliphatic rings. The first kappa shape index (κ1) is 10.4. The lowest BCUT2D eigenvalue weighted by Crippen LogP contribution is -2.04. The van der Waals surface area contributed by atoms with Gasteiger partial charge >= 0.3 is 0 Å². The maximum absolute atomic E-state index is 5.92. The molecule has 0 saturated carbocycles. The Morgan fingerprint density at radius 1 is 1.62 bits per heavy atom. The van der Waals surface area contributed by atoms with Gasteiger partial charge in [0.05, 0.1) is 11.1 Å². The monoisotopic (exact) mass is 199 g/mol. The van der Waals surface area contributed by atoms with Gasteiger partial charge in [0.1, 0.15) is 5.82 Å². The molecule has 0 unspecified atom stereocenters. The van der Waals surface area contributed by atoms with E-state index in [4.69, 9.17) is 5.73 Å². The zero-order chi connectivity index (χ0) is 9.84. The predicted molar refractivity (Wildman–Crippen MR) is 57.9 cm³/mol. The summed E-state index contributed by atoms with van der Waals surface area (Å²) < 4.78 is 1.87. The van der Waals surface area contributed by atoms with Gasteiger partial charge in [-0.2, -0.15) is 5.10 Å². The zero-order valence-corrected chi connectivity index (χ0v) is 9.27. The minimum atomic E-state index is 0.557. The normalized spacial score (nSPS) is 11.1. The van der Waals surface area contributed by atoms with Crippen LogP contribution in [0.2, 0.25) is 0 Å². The number of nitrogens with two attached hydrogens (primary N) is 1. The van der Waals surface area contributed by atoms with Crippen LogP contribution in [0.15, 0.2) is 11.1 Å². The van der Waals surface area contributed by atoms with Crippen molar-refractivity contribution in [2.24, 2.45) is 0 Å².